The summed E-state index contributed by atoms with van der Waals surface area (Å²) in [6.45, 7) is 4.15. The average Bonchev–Trinajstić information content (AvgIpc) is 2.79. The minimum absolute atomic E-state index is 0.216. The van der Waals surface area contributed by atoms with E-state index in [0.29, 0.717) is 23.7 Å². The first-order valence-corrected chi connectivity index (χ1v) is 5.73. The molecule has 18 heavy (non-hydrogen) atoms. The Morgan fingerprint density at radius 1 is 1.44 bits per heavy atom. The molecular weight excluding hydrogens is 230 g/mol. The first-order valence-electron chi connectivity index (χ1n) is 5.73. The lowest BCUT2D eigenvalue weighted by Gasteiger charge is -2.21. The number of aromatic nitrogens is 1. The second-order valence-electron chi connectivity index (χ2n) is 3.93. The molecule has 2 N–H and O–H groups in total. The number of hydrogen-bond acceptors (Lipinski definition) is 4. The molecular formula is C13H15N3O2. The van der Waals surface area contributed by atoms with Crippen molar-refractivity contribution in [1.29, 1.82) is 0 Å². The summed E-state index contributed by atoms with van der Waals surface area (Å²) in [4.78, 5) is 13.9. The first kappa shape index (κ1) is 12.2. The zero-order valence-corrected chi connectivity index (χ0v) is 10.4. The number of hydrogen-bond donors (Lipinski definition) is 1. The normalized spacial score (nSPS) is 10.3. The van der Waals surface area contributed by atoms with Gasteiger partial charge in [-0.2, -0.15) is 0 Å². The van der Waals surface area contributed by atoms with E-state index in [2.05, 4.69) is 5.16 Å². The quantitative estimate of drug-likeness (QED) is 0.841. The monoisotopic (exact) mass is 245 g/mol. The van der Waals surface area contributed by atoms with Crippen molar-refractivity contribution < 1.29 is 9.32 Å². The summed E-state index contributed by atoms with van der Waals surface area (Å²) in [5.41, 5.74) is 7.42. The molecule has 5 nitrogen and oxygen atoms in total. The van der Waals surface area contributed by atoms with Crippen molar-refractivity contribution in [3.05, 3.63) is 41.8 Å². The molecule has 0 saturated carbocycles. The highest BCUT2D eigenvalue weighted by Gasteiger charge is 2.20. The van der Waals surface area contributed by atoms with Gasteiger partial charge in [-0.3, -0.25) is 4.79 Å². The van der Waals surface area contributed by atoms with E-state index in [1.54, 1.807) is 24.0 Å². The Balaban J connectivity index is 2.35. The minimum Gasteiger partial charge on any atom is -0.397 e. The summed E-state index contributed by atoms with van der Waals surface area (Å²) >= 11 is 0. The number of rotatable bonds is 3. The van der Waals surface area contributed by atoms with Gasteiger partial charge in [0.15, 0.2) is 5.69 Å². The molecule has 94 valence electrons. The fourth-order valence-electron chi connectivity index (χ4n) is 1.76. The molecule has 0 aliphatic carbocycles. The Labute approximate surface area is 105 Å². The molecule has 1 aromatic carbocycles. The fourth-order valence-corrected chi connectivity index (χ4v) is 1.76. The third kappa shape index (κ3) is 2.20. The molecule has 0 fully saturated rings. The molecule has 2 rings (SSSR count). The second kappa shape index (κ2) is 4.91. The molecule has 2 aromatic rings. The maximum Gasteiger partial charge on any atom is 0.280 e. The number of nitrogen functional groups attached to an aromatic ring is 1. The summed E-state index contributed by atoms with van der Waals surface area (Å²) in [7, 11) is 0. The van der Waals surface area contributed by atoms with Crippen molar-refractivity contribution in [1.82, 2.24) is 5.16 Å². The summed E-state index contributed by atoms with van der Waals surface area (Å²) in [6, 6.07) is 8.86. The van der Waals surface area contributed by atoms with Gasteiger partial charge >= 0.3 is 0 Å². The molecule has 0 unspecified atom stereocenters. The standard InChI is InChI=1S/C13H15N3O2/c1-3-16(12-7-5-4-6-10(12)14)13(17)11-8-9(2)18-15-11/h4-8H,3,14H2,1-2H3. The van der Waals surface area contributed by atoms with Gasteiger partial charge in [0, 0.05) is 12.6 Å². The largest absolute Gasteiger partial charge is 0.397 e. The fraction of sp³-hybridized carbons (Fsp3) is 0.231. The highest BCUT2D eigenvalue weighted by atomic mass is 16.5. The molecule has 0 saturated heterocycles. The van der Waals surface area contributed by atoms with Gasteiger partial charge in [-0.15, -0.1) is 0 Å². The maximum absolute atomic E-state index is 12.3. The number of para-hydroxylation sites is 2. The van der Waals surface area contributed by atoms with Crippen molar-refractivity contribution in [2.45, 2.75) is 13.8 Å². The predicted molar refractivity (Wildman–Crippen MR) is 69.4 cm³/mol. The summed E-state index contributed by atoms with van der Waals surface area (Å²) in [5, 5.41) is 3.73. The van der Waals surface area contributed by atoms with E-state index >= 15 is 0 Å². The molecule has 0 aliphatic rings. The van der Waals surface area contributed by atoms with Gasteiger partial charge in [-0.1, -0.05) is 17.3 Å². The highest BCUT2D eigenvalue weighted by molar-refractivity contribution is 6.06. The summed E-state index contributed by atoms with van der Waals surface area (Å²) < 4.78 is 4.92. The van der Waals surface area contributed by atoms with Crippen LogP contribution in [0.4, 0.5) is 11.4 Å². The van der Waals surface area contributed by atoms with Crippen LogP contribution in [0.1, 0.15) is 23.2 Å². The average molecular weight is 245 g/mol. The van der Waals surface area contributed by atoms with E-state index in [9.17, 15) is 4.79 Å². The second-order valence-corrected chi connectivity index (χ2v) is 3.93. The van der Waals surface area contributed by atoms with Crippen molar-refractivity contribution >= 4 is 17.3 Å². The lowest BCUT2D eigenvalue weighted by atomic mass is 10.2. The SMILES string of the molecule is CCN(C(=O)c1cc(C)on1)c1ccccc1N. The summed E-state index contributed by atoms with van der Waals surface area (Å²) in [6.07, 6.45) is 0. The molecule has 1 aromatic heterocycles. The van der Waals surface area contributed by atoms with Gasteiger partial charge in [0.2, 0.25) is 0 Å². The Morgan fingerprint density at radius 3 is 2.72 bits per heavy atom. The molecule has 0 atom stereocenters. The Bertz CT molecular complexity index is 563. The van der Waals surface area contributed by atoms with Crippen LogP contribution < -0.4 is 10.6 Å². The Morgan fingerprint density at radius 2 is 2.17 bits per heavy atom. The number of nitrogens with zero attached hydrogens (tertiary/aromatic N) is 2. The van der Waals surface area contributed by atoms with Crippen LogP contribution in [-0.2, 0) is 0 Å². The summed E-state index contributed by atoms with van der Waals surface area (Å²) in [5.74, 6) is 0.391. The van der Waals surface area contributed by atoms with Crippen LogP contribution in [0.5, 0.6) is 0 Å². The van der Waals surface area contributed by atoms with E-state index in [0.717, 1.165) is 0 Å². The smallest absolute Gasteiger partial charge is 0.280 e. The van der Waals surface area contributed by atoms with Crippen molar-refractivity contribution in [2.75, 3.05) is 17.2 Å². The topological polar surface area (TPSA) is 72.4 Å². The Kier molecular flexibility index (Phi) is 3.32. The molecule has 5 heteroatoms. The van der Waals surface area contributed by atoms with Crippen molar-refractivity contribution in [3.8, 4) is 0 Å². The third-order valence-electron chi connectivity index (χ3n) is 2.64. The highest BCUT2D eigenvalue weighted by Crippen LogP contribution is 2.23. The molecule has 0 radical (unpaired) electrons. The van der Waals surface area contributed by atoms with Gasteiger partial charge in [0.1, 0.15) is 5.76 Å². The third-order valence-corrected chi connectivity index (χ3v) is 2.64. The number of carbonyl (C=O) groups is 1. The Hall–Kier alpha value is -2.30. The maximum atomic E-state index is 12.3. The minimum atomic E-state index is -0.216. The molecule has 0 bridgehead atoms. The van der Waals surface area contributed by atoms with Gasteiger partial charge in [0.05, 0.1) is 11.4 Å². The first-order chi connectivity index (χ1) is 8.63. The zero-order chi connectivity index (χ0) is 13.1. The van der Waals surface area contributed by atoms with E-state index in [-0.39, 0.29) is 11.6 Å². The number of aryl methyl sites for hydroxylation is 1. The number of amides is 1. The molecule has 1 heterocycles. The van der Waals surface area contributed by atoms with E-state index in [1.807, 2.05) is 25.1 Å². The van der Waals surface area contributed by atoms with Crippen molar-refractivity contribution in [2.24, 2.45) is 0 Å². The van der Waals surface area contributed by atoms with E-state index in [1.165, 1.54) is 0 Å². The number of anilines is 2. The van der Waals surface area contributed by atoms with Gasteiger partial charge < -0.3 is 15.2 Å². The van der Waals surface area contributed by atoms with Crippen molar-refractivity contribution in [3.63, 3.8) is 0 Å². The lowest BCUT2D eigenvalue weighted by molar-refractivity contribution is 0.0979. The molecule has 1 amide bonds. The van der Waals surface area contributed by atoms with Crippen LogP contribution in [0.25, 0.3) is 0 Å². The van der Waals surface area contributed by atoms with Crippen LogP contribution in [0.2, 0.25) is 0 Å². The van der Waals surface area contributed by atoms with E-state index in [4.69, 9.17) is 10.3 Å². The van der Waals surface area contributed by atoms with Crippen LogP contribution in [0, 0.1) is 6.92 Å². The van der Waals surface area contributed by atoms with E-state index < -0.39 is 0 Å². The lowest BCUT2D eigenvalue weighted by Crippen LogP contribution is -2.31. The van der Waals surface area contributed by atoms with Crippen LogP contribution >= 0.6 is 0 Å². The molecule has 0 spiro atoms. The number of nitrogens with two attached hydrogens (primary N) is 1. The predicted octanol–water partition coefficient (Wildman–Crippen LogP) is 2.23. The van der Waals surface area contributed by atoms with Crippen LogP contribution in [0.3, 0.4) is 0 Å². The van der Waals surface area contributed by atoms with Crippen LogP contribution in [-0.4, -0.2) is 17.6 Å². The van der Waals surface area contributed by atoms with Gasteiger partial charge in [-0.25, -0.2) is 0 Å². The zero-order valence-electron chi connectivity index (χ0n) is 10.4. The number of benzene rings is 1. The van der Waals surface area contributed by atoms with Gasteiger partial charge in [0.25, 0.3) is 5.91 Å². The molecule has 0 aliphatic heterocycles. The van der Waals surface area contributed by atoms with Crippen LogP contribution in [0.15, 0.2) is 34.9 Å². The van der Waals surface area contributed by atoms with Gasteiger partial charge in [-0.05, 0) is 26.0 Å². The number of carbonyl (C=O) groups excluding carboxylic acids is 1.